The van der Waals surface area contributed by atoms with E-state index in [9.17, 15) is 14.7 Å². The average molecular weight is 637 g/mol. The molecule has 1 amide bonds. The number of aliphatic hydroxyl groups excluding tert-OH is 1. The van der Waals surface area contributed by atoms with Crippen molar-refractivity contribution in [2.45, 2.75) is 112 Å². The number of benzene rings is 1. The van der Waals surface area contributed by atoms with E-state index in [2.05, 4.69) is 64.8 Å². The molecule has 9 atom stereocenters. The zero-order valence-corrected chi connectivity index (χ0v) is 29.1. The maximum absolute atomic E-state index is 14.6. The van der Waals surface area contributed by atoms with E-state index in [1.807, 2.05) is 18.2 Å². The minimum Gasteiger partial charge on any atom is -0.393 e. The standard InChI is InChI=1S/C37H49ClN2O3S/c1-32(2)27-10-13-37(7)29(35(27,5)12-11-28(32)42)25(41)19-22-23-20-34(4,15-14-33(23,3)16-17-36(22,37)6)30(43)40-31-39-24-9-8-21(38)18-26(24)44-31/h8-9,18-19,23,27-29,42H,10-17,20H2,1-7H3,(H,39,40,43)/t23-,27-,28-,29+,33+,34-,35-,36+,37+/m0/s1. The van der Waals surface area contributed by atoms with Crippen LogP contribution in [-0.2, 0) is 9.59 Å². The molecule has 0 saturated heterocycles. The van der Waals surface area contributed by atoms with Crippen LogP contribution in [0.2, 0.25) is 5.02 Å². The Morgan fingerprint density at radius 1 is 1.00 bits per heavy atom. The number of anilines is 1. The lowest BCUT2D eigenvalue weighted by atomic mass is 9.33. The first-order valence-electron chi connectivity index (χ1n) is 16.8. The van der Waals surface area contributed by atoms with E-state index in [4.69, 9.17) is 11.6 Å². The van der Waals surface area contributed by atoms with Gasteiger partial charge in [-0.25, -0.2) is 4.98 Å². The largest absolute Gasteiger partial charge is 0.393 e. The number of hydrogen-bond acceptors (Lipinski definition) is 5. The van der Waals surface area contributed by atoms with E-state index in [0.29, 0.717) is 21.9 Å². The van der Waals surface area contributed by atoms with E-state index >= 15 is 0 Å². The van der Waals surface area contributed by atoms with E-state index in [1.165, 1.54) is 16.9 Å². The van der Waals surface area contributed by atoms with Crippen molar-refractivity contribution in [1.29, 1.82) is 0 Å². The van der Waals surface area contributed by atoms with Gasteiger partial charge in [0.15, 0.2) is 10.9 Å². The number of carbonyl (C=O) groups excluding carboxylic acids is 2. The van der Waals surface area contributed by atoms with Gasteiger partial charge in [0, 0.05) is 16.4 Å². The van der Waals surface area contributed by atoms with Crippen molar-refractivity contribution < 1.29 is 14.7 Å². The number of nitrogens with zero attached hydrogens (tertiary/aromatic N) is 1. The third-order valence-electron chi connectivity index (χ3n) is 14.7. The zero-order chi connectivity index (χ0) is 31.7. The van der Waals surface area contributed by atoms with Crippen molar-refractivity contribution in [2.24, 2.45) is 50.2 Å². The number of halogens is 1. The number of rotatable bonds is 2. The summed E-state index contributed by atoms with van der Waals surface area (Å²) in [5.74, 6) is 0.808. The molecule has 0 aliphatic heterocycles. The summed E-state index contributed by atoms with van der Waals surface area (Å²) < 4.78 is 0.963. The maximum Gasteiger partial charge on any atom is 0.232 e. The van der Waals surface area contributed by atoms with Gasteiger partial charge >= 0.3 is 0 Å². The molecule has 5 aliphatic carbocycles. The topological polar surface area (TPSA) is 79.3 Å². The number of thiazole rings is 1. The maximum atomic E-state index is 14.6. The number of amides is 1. The number of nitrogens with one attached hydrogen (secondary N) is 1. The van der Waals surface area contributed by atoms with Gasteiger partial charge in [-0.05, 0) is 121 Å². The quantitative estimate of drug-likeness (QED) is 0.344. The second-order valence-corrected chi connectivity index (χ2v) is 18.7. The summed E-state index contributed by atoms with van der Waals surface area (Å²) in [6.07, 6.45) is 10.3. The Kier molecular flexibility index (Phi) is 6.76. The number of allylic oxidation sites excluding steroid dienone is 2. The predicted molar refractivity (Wildman–Crippen MR) is 179 cm³/mol. The van der Waals surface area contributed by atoms with Crippen LogP contribution in [0.4, 0.5) is 5.13 Å². The Hall–Kier alpha value is -1.76. The SMILES string of the molecule is CC1(C)[C@@H](O)CC[C@]2(C)[C@H]3C(=O)C=C4[C@@H]5C[C@@](C)(C(=O)Nc6nc7ccc(Cl)cc7s6)CC[C@]5(C)CC[C@@]4(C)[C@]3(C)CC[C@@H]12. The van der Waals surface area contributed by atoms with Crippen LogP contribution in [0.5, 0.6) is 0 Å². The molecular weight excluding hydrogens is 588 g/mol. The van der Waals surface area contributed by atoms with Gasteiger partial charge in [-0.15, -0.1) is 0 Å². The number of ketones is 1. The lowest BCUT2D eigenvalue weighted by Gasteiger charge is -2.70. The minimum atomic E-state index is -0.549. The molecule has 0 bridgehead atoms. The highest BCUT2D eigenvalue weighted by Gasteiger charge is 2.70. The Morgan fingerprint density at radius 3 is 2.48 bits per heavy atom. The first-order chi connectivity index (χ1) is 20.5. The third kappa shape index (κ3) is 4.08. The minimum absolute atomic E-state index is 0.0276. The second kappa shape index (κ2) is 9.64. The highest BCUT2D eigenvalue weighted by Crippen LogP contribution is 2.75. The number of fused-ring (bicyclic) bond motifs is 8. The summed E-state index contributed by atoms with van der Waals surface area (Å²) in [5.41, 5.74) is 1.14. The summed E-state index contributed by atoms with van der Waals surface area (Å²) >= 11 is 7.66. The van der Waals surface area contributed by atoms with E-state index < -0.39 is 5.41 Å². The van der Waals surface area contributed by atoms with Crippen molar-refractivity contribution in [3.05, 3.63) is 34.9 Å². The van der Waals surface area contributed by atoms with Gasteiger partial charge in [-0.3, -0.25) is 9.59 Å². The number of hydrogen-bond donors (Lipinski definition) is 2. The van der Waals surface area contributed by atoms with Crippen LogP contribution in [0.1, 0.15) is 106 Å². The van der Waals surface area contributed by atoms with Gasteiger partial charge in [-0.1, -0.05) is 77.0 Å². The van der Waals surface area contributed by atoms with Gasteiger partial charge in [-0.2, -0.15) is 0 Å². The fourth-order valence-corrected chi connectivity index (χ4v) is 12.7. The molecule has 2 aromatic rings. The zero-order valence-electron chi connectivity index (χ0n) is 27.5. The van der Waals surface area contributed by atoms with Gasteiger partial charge in [0.2, 0.25) is 5.91 Å². The molecule has 238 valence electrons. The molecule has 5 nitrogen and oxygen atoms in total. The first-order valence-corrected chi connectivity index (χ1v) is 18.0. The van der Waals surface area contributed by atoms with Crippen molar-refractivity contribution in [3.8, 4) is 0 Å². The fraction of sp³-hybridized carbons (Fsp3) is 0.703. The predicted octanol–water partition coefficient (Wildman–Crippen LogP) is 9.23. The molecule has 5 aliphatic rings. The molecule has 1 aromatic carbocycles. The molecule has 1 heterocycles. The summed E-state index contributed by atoms with van der Waals surface area (Å²) in [6.45, 7) is 16.2. The Balaban J connectivity index is 1.22. The monoisotopic (exact) mass is 636 g/mol. The molecule has 44 heavy (non-hydrogen) atoms. The summed E-state index contributed by atoms with van der Waals surface area (Å²) in [4.78, 5) is 33.3. The molecule has 4 saturated carbocycles. The lowest BCUT2D eigenvalue weighted by molar-refractivity contribution is -0.202. The molecule has 1 aromatic heterocycles. The highest BCUT2D eigenvalue weighted by atomic mass is 35.5. The number of aromatic nitrogens is 1. The second-order valence-electron chi connectivity index (χ2n) is 17.2. The van der Waals surface area contributed by atoms with Crippen molar-refractivity contribution in [2.75, 3.05) is 5.32 Å². The molecule has 7 heteroatoms. The Morgan fingerprint density at radius 2 is 1.73 bits per heavy atom. The Labute approximate surface area is 271 Å². The molecule has 0 unspecified atom stereocenters. The lowest BCUT2D eigenvalue weighted by Crippen LogP contribution is -2.66. The van der Waals surface area contributed by atoms with Gasteiger partial charge in [0.1, 0.15) is 0 Å². The summed E-state index contributed by atoms with van der Waals surface area (Å²) in [6, 6.07) is 5.62. The molecule has 0 spiro atoms. The summed E-state index contributed by atoms with van der Waals surface area (Å²) in [5, 5.41) is 15.5. The molecule has 4 fully saturated rings. The van der Waals surface area contributed by atoms with Gasteiger partial charge in [0.05, 0.1) is 16.3 Å². The van der Waals surface area contributed by atoms with Gasteiger partial charge < -0.3 is 10.4 Å². The van der Waals surface area contributed by atoms with E-state index in [0.717, 1.165) is 68.0 Å². The Bertz CT molecular complexity index is 1600. The van der Waals surface area contributed by atoms with Crippen LogP contribution < -0.4 is 5.32 Å². The van der Waals surface area contributed by atoms with Gasteiger partial charge in [0.25, 0.3) is 0 Å². The van der Waals surface area contributed by atoms with Crippen LogP contribution in [-0.4, -0.2) is 27.9 Å². The van der Waals surface area contributed by atoms with E-state index in [-0.39, 0.29) is 50.9 Å². The van der Waals surface area contributed by atoms with Crippen molar-refractivity contribution >= 4 is 50.0 Å². The number of carbonyl (C=O) groups is 2. The highest BCUT2D eigenvalue weighted by molar-refractivity contribution is 7.22. The third-order valence-corrected chi connectivity index (χ3v) is 15.8. The smallest absolute Gasteiger partial charge is 0.232 e. The van der Waals surface area contributed by atoms with Crippen molar-refractivity contribution in [3.63, 3.8) is 0 Å². The van der Waals surface area contributed by atoms with Crippen LogP contribution in [0.15, 0.2) is 29.8 Å². The molecule has 7 rings (SSSR count). The van der Waals surface area contributed by atoms with Crippen LogP contribution in [0, 0.1) is 50.2 Å². The average Bonchev–Trinajstić information content (AvgIpc) is 3.34. The van der Waals surface area contributed by atoms with E-state index in [1.54, 1.807) is 0 Å². The van der Waals surface area contributed by atoms with Crippen LogP contribution >= 0.6 is 22.9 Å². The van der Waals surface area contributed by atoms with Crippen LogP contribution in [0.3, 0.4) is 0 Å². The fourth-order valence-electron chi connectivity index (χ4n) is 11.6. The normalized spacial score (nSPS) is 44.6. The molecule has 0 radical (unpaired) electrons. The van der Waals surface area contributed by atoms with Crippen LogP contribution in [0.25, 0.3) is 10.2 Å². The number of aliphatic hydroxyl groups is 1. The molecule has 2 N–H and O–H groups in total. The summed E-state index contributed by atoms with van der Waals surface area (Å²) in [7, 11) is 0. The first kappa shape index (κ1) is 30.9. The van der Waals surface area contributed by atoms with Crippen molar-refractivity contribution in [1.82, 2.24) is 4.98 Å². The molecular formula is C37H49ClN2O3S.